The zero-order valence-corrected chi connectivity index (χ0v) is 15.6. The standard InChI is InChI=1S/C22H23F3N2O/c23-22(24,25)19-9-8-17-10-13-27(20(17)14-19)21(28)18-6-4-16(5-7-18)15-26-11-2-1-3-12-26/h4-9,14H,1-3,10-13,15H2. The molecule has 148 valence electrons. The lowest BCUT2D eigenvalue weighted by Crippen LogP contribution is -2.30. The molecule has 1 saturated heterocycles. The van der Waals surface area contributed by atoms with Crippen LogP contribution in [0.2, 0.25) is 0 Å². The molecule has 2 heterocycles. The maximum absolute atomic E-state index is 13.0. The molecule has 1 amide bonds. The van der Waals surface area contributed by atoms with Crippen LogP contribution in [0.15, 0.2) is 42.5 Å². The lowest BCUT2D eigenvalue weighted by atomic mass is 10.1. The van der Waals surface area contributed by atoms with Gasteiger partial charge in [-0.25, -0.2) is 0 Å². The summed E-state index contributed by atoms with van der Waals surface area (Å²) in [5.74, 6) is -0.248. The van der Waals surface area contributed by atoms with E-state index < -0.39 is 11.7 Å². The van der Waals surface area contributed by atoms with Crippen molar-refractivity contribution in [2.75, 3.05) is 24.5 Å². The number of carbonyl (C=O) groups excluding carboxylic acids is 1. The van der Waals surface area contributed by atoms with Crippen LogP contribution in [0.1, 0.15) is 46.3 Å². The van der Waals surface area contributed by atoms with Gasteiger partial charge in [-0.2, -0.15) is 13.2 Å². The molecule has 0 saturated carbocycles. The van der Waals surface area contributed by atoms with E-state index in [2.05, 4.69) is 4.90 Å². The van der Waals surface area contributed by atoms with Crippen LogP contribution in [0.3, 0.4) is 0 Å². The lowest BCUT2D eigenvalue weighted by Gasteiger charge is -2.26. The zero-order valence-electron chi connectivity index (χ0n) is 15.6. The largest absolute Gasteiger partial charge is 0.416 e. The maximum Gasteiger partial charge on any atom is 0.416 e. The summed E-state index contributed by atoms with van der Waals surface area (Å²) in [5, 5.41) is 0. The van der Waals surface area contributed by atoms with Gasteiger partial charge in [0, 0.05) is 24.3 Å². The first-order valence-corrected chi connectivity index (χ1v) is 9.75. The highest BCUT2D eigenvalue weighted by molar-refractivity contribution is 6.07. The Kier molecular flexibility index (Phi) is 5.15. The monoisotopic (exact) mass is 388 g/mol. The molecule has 0 atom stereocenters. The molecular formula is C22H23F3N2O. The maximum atomic E-state index is 13.0. The number of fused-ring (bicyclic) bond motifs is 1. The second-order valence-electron chi connectivity index (χ2n) is 7.58. The lowest BCUT2D eigenvalue weighted by molar-refractivity contribution is -0.137. The van der Waals surface area contributed by atoms with Gasteiger partial charge in [-0.15, -0.1) is 0 Å². The highest BCUT2D eigenvalue weighted by Crippen LogP contribution is 2.36. The van der Waals surface area contributed by atoms with E-state index >= 15 is 0 Å². The van der Waals surface area contributed by atoms with Crippen molar-refractivity contribution in [1.82, 2.24) is 4.90 Å². The number of nitrogens with zero attached hydrogens (tertiary/aromatic N) is 2. The minimum Gasteiger partial charge on any atom is -0.308 e. The van der Waals surface area contributed by atoms with Gasteiger partial charge in [-0.05, 0) is 67.7 Å². The van der Waals surface area contributed by atoms with E-state index in [4.69, 9.17) is 0 Å². The van der Waals surface area contributed by atoms with Gasteiger partial charge in [-0.3, -0.25) is 9.69 Å². The summed E-state index contributed by atoms with van der Waals surface area (Å²) in [6.45, 7) is 3.49. The first kappa shape index (κ1) is 19.0. The van der Waals surface area contributed by atoms with Crippen LogP contribution in [0.5, 0.6) is 0 Å². The number of alkyl halides is 3. The SMILES string of the molecule is O=C(c1ccc(CN2CCCCC2)cc1)N1CCc2ccc(C(F)(F)F)cc21. The summed E-state index contributed by atoms with van der Waals surface area (Å²) in [4.78, 5) is 16.8. The van der Waals surface area contributed by atoms with Gasteiger partial charge >= 0.3 is 6.18 Å². The molecule has 0 spiro atoms. The molecule has 4 rings (SSSR count). The molecule has 2 aliphatic heterocycles. The third-order valence-corrected chi connectivity index (χ3v) is 5.61. The molecule has 2 aliphatic rings. The summed E-state index contributed by atoms with van der Waals surface area (Å²) in [7, 11) is 0. The molecule has 28 heavy (non-hydrogen) atoms. The fourth-order valence-corrected chi connectivity index (χ4v) is 4.05. The van der Waals surface area contributed by atoms with E-state index in [1.807, 2.05) is 12.1 Å². The van der Waals surface area contributed by atoms with Crippen molar-refractivity contribution in [3.05, 3.63) is 64.7 Å². The van der Waals surface area contributed by atoms with Crippen molar-refractivity contribution in [3.8, 4) is 0 Å². The third-order valence-electron chi connectivity index (χ3n) is 5.61. The Bertz CT molecular complexity index is 855. The normalized spacial score (nSPS) is 17.6. The summed E-state index contributed by atoms with van der Waals surface area (Å²) >= 11 is 0. The molecule has 0 unspecified atom stereocenters. The molecule has 0 aliphatic carbocycles. The quantitative estimate of drug-likeness (QED) is 0.747. The average Bonchev–Trinajstić information content (AvgIpc) is 3.11. The number of hydrogen-bond acceptors (Lipinski definition) is 2. The van der Waals surface area contributed by atoms with Crippen molar-refractivity contribution in [3.63, 3.8) is 0 Å². The van der Waals surface area contributed by atoms with Gasteiger partial charge in [0.15, 0.2) is 0 Å². The topological polar surface area (TPSA) is 23.6 Å². The molecule has 0 aromatic heterocycles. The Morgan fingerprint density at radius 3 is 2.32 bits per heavy atom. The number of piperidine rings is 1. The molecule has 1 fully saturated rings. The molecule has 0 radical (unpaired) electrons. The van der Waals surface area contributed by atoms with Gasteiger partial charge in [0.1, 0.15) is 0 Å². The van der Waals surface area contributed by atoms with E-state index in [1.54, 1.807) is 12.1 Å². The Morgan fingerprint density at radius 2 is 1.64 bits per heavy atom. The summed E-state index contributed by atoms with van der Waals surface area (Å²) in [6.07, 6.45) is -0.0955. The fraction of sp³-hybridized carbons (Fsp3) is 0.409. The number of amides is 1. The van der Waals surface area contributed by atoms with Gasteiger partial charge in [0.05, 0.1) is 5.56 Å². The predicted octanol–water partition coefficient (Wildman–Crippen LogP) is 4.89. The van der Waals surface area contributed by atoms with Crippen LogP contribution in [-0.4, -0.2) is 30.4 Å². The predicted molar refractivity (Wildman–Crippen MR) is 102 cm³/mol. The van der Waals surface area contributed by atoms with E-state index in [0.717, 1.165) is 42.9 Å². The second kappa shape index (κ2) is 7.59. The number of hydrogen-bond donors (Lipinski definition) is 0. The van der Waals surface area contributed by atoms with Gasteiger partial charge < -0.3 is 4.90 Å². The Balaban J connectivity index is 1.50. The minimum absolute atomic E-state index is 0.248. The molecule has 2 aromatic carbocycles. The number of anilines is 1. The average molecular weight is 388 g/mol. The summed E-state index contributed by atoms with van der Waals surface area (Å²) in [6, 6.07) is 11.1. The molecule has 2 aromatic rings. The second-order valence-corrected chi connectivity index (χ2v) is 7.58. The number of likely N-dealkylation sites (tertiary alicyclic amines) is 1. The van der Waals surface area contributed by atoms with Crippen LogP contribution >= 0.6 is 0 Å². The van der Waals surface area contributed by atoms with Crippen LogP contribution in [0, 0.1) is 0 Å². The highest BCUT2D eigenvalue weighted by atomic mass is 19.4. The summed E-state index contributed by atoms with van der Waals surface area (Å²) in [5.41, 5.74) is 2.09. The van der Waals surface area contributed by atoms with E-state index in [9.17, 15) is 18.0 Å². The summed E-state index contributed by atoms with van der Waals surface area (Å²) < 4.78 is 39.1. The van der Waals surface area contributed by atoms with E-state index in [-0.39, 0.29) is 5.91 Å². The smallest absolute Gasteiger partial charge is 0.308 e. The molecule has 0 bridgehead atoms. The molecule has 0 N–H and O–H groups in total. The number of benzene rings is 2. The Morgan fingerprint density at radius 1 is 0.929 bits per heavy atom. The Hall–Kier alpha value is -2.34. The van der Waals surface area contributed by atoms with Gasteiger partial charge in [0.2, 0.25) is 0 Å². The first-order chi connectivity index (χ1) is 13.4. The number of carbonyl (C=O) groups is 1. The minimum atomic E-state index is -4.41. The van der Waals surface area contributed by atoms with Crippen LogP contribution in [-0.2, 0) is 19.1 Å². The van der Waals surface area contributed by atoms with E-state index in [1.165, 1.54) is 30.2 Å². The van der Waals surface area contributed by atoms with Crippen LogP contribution in [0.25, 0.3) is 0 Å². The fourth-order valence-electron chi connectivity index (χ4n) is 4.05. The van der Waals surface area contributed by atoms with E-state index in [0.29, 0.717) is 24.2 Å². The Labute approximate surface area is 162 Å². The third kappa shape index (κ3) is 3.92. The van der Waals surface area contributed by atoms with Crippen LogP contribution < -0.4 is 4.90 Å². The molecular weight excluding hydrogens is 365 g/mol. The van der Waals surface area contributed by atoms with Crippen LogP contribution in [0.4, 0.5) is 18.9 Å². The highest BCUT2D eigenvalue weighted by Gasteiger charge is 2.34. The zero-order chi connectivity index (χ0) is 19.7. The van der Waals surface area contributed by atoms with Crippen molar-refractivity contribution in [2.24, 2.45) is 0 Å². The number of halogens is 3. The van der Waals surface area contributed by atoms with Gasteiger partial charge in [0.25, 0.3) is 5.91 Å². The molecule has 6 heteroatoms. The molecule has 3 nitrogen and oxygen atoms in total. The van der Waals surface area contributed by atoms with Crippen molar-refractivity contribution in [1.29, 1.82) is 0 Å². The van der Waals surface area contributed by atoms with Gasteiger partial charge in [-0.1, -0.05) is 24.6 Å². The van der Waals surface area contributed by atoms with Crippen molar-refractivity contribution in [2.45, 2.75) is 38.4 Å². The van der Waals surface area contributed by atoms with Crippen molar-refractivity contribution < 1.29 is 18.0 Å². The number of rotatable bonds is 3. The first-order valence-electron chi connectivity index (χ1n) is 9.75. The van der Waals surface area contributed by atoms with Crippen molar-refractivity contribution >= 4 is 11.6 Å².